The average molecular weight is 257 g/mol. The molecule has 7 heteroatoms. The Morgan fingerprint density at radius 2 is 2.53 bits per heavy atom. The molecule has 6 nitrogen and oxygen atoms in total. The van der Waals surface area contributed by atoms with Gasteiger partial charge < -0.3 is 10.0 Å². The van der Waals surface area contributed by atoms with Crippen LogP contribution < -0.4 is 4.90 Å². The Kier molecular flexibility index (Phi) is 3.90. The van der Waals surface area contributed by atoms with Gasteiger partial charge in [-0.05, 0) is 36.5 Å². The molecule has 0 aliphatic carbocycles. The SMILES string of the molecule is O=[N+]([O-])c1cnc(N2CCCC(CCO)C2)s1. The van der Waals surface area contributed by atoms with Crippen LogP contribution in [0.25, 0.3) is 0 Å². The predicted octanol–water partition coefficient (Wildman–Crippen LogP) is 1.65. The van der Waals surface area contributed by atoms with E-state index in [0.29, 0.717) is 5.92 Å². The molecular weight excluding hydrogens is 242 g/mol. The maximum Gasteiger partial charge on any atom is 0.345 e. The summed E-state index contributed by atoms with van der Waals surface area (Å²) in [5.41, 5.74) is 0. The van der Waals surface area contributed by atoms with E-state index >= 15 is 0 Å². The number of aromatic nitrogens is 1. The third-order valence-electron chi connectivity index (χ3n) is 2.99. The molecule has 17 heavy (non-hydrogen) atoms. The summed E-state index contributed by atoms with van der Waals surface area (Å²) in [4.78, 5) is 16.4. The van der Waals surface area contributed by atoms with Gasteiger partial charge in [-0.1, -0.05) is 0 Å². The minimum absolute atomic E-state index is 0.0873. The van der Waals surface area contributed by atoms with Crippen LogP contribution in [-0.4, -0.2) is 34.7 Å². The summed E-state index contributed by atoms with van der Waals surface area (Å²) in [6, 6.07) is 0. The van der Waals surface area contributed by atoms with Gasteiger partial charge in [-0.25, -0.2) is 4.98 Å². The number of thiazole rings is 1. The lowest BCUT2D eigenvalue weighted by molar-refractivity contribution is -0.380. The molecule has 1 saturated heterocycles. The standard InChI is InChI=1S/C10H15N3O3S/c14-5-3-8-2-1-4-12(7-8)10-11-6-9(17-10)13(15)16/h6,8,14H,1-5,7H2. The van der Waals surface area contributed by atoms with Crippen LogP contribution in [0.4, 0.5) is 10.1 Å². The number of nitro groups is 1. The topological polar surface area (TPSA) is 79.5 Å². The number of aliphatic hydroxyl groups excluding tert-OH is 1. The smallest absolute Gasteiger partial charge is 0.345 e. The molecule has 1 fully saturated rings. The molecule has 0 saturated carbocycles. The fourth-order valence-electron chi connectivity index (χ4n) is 2.14. The molecule has 0 bridgehead atoms. The number of anilines is 1. The lowest BCUT2D eigenvalue weighted by Gasteiger charge is -2.32. The first kappa shape index (κ1) is 12.3. The first-order valence-corrected chi connectivity index (χ1v) is 6.48. The van der Waals surface area contributed by atoms with Crippen LogP contribution in [0, 0.1) is 16.0 Å². The van der Waals surface area contributed by atoms with Crippen molar-refractivity contribution >= 4 is 21.5 Å². The summed E-state index contributed by atoms with van der Waals surface area (Å²) in [7, 11) is 0. The molecule has 0 radical (unpaired) electrons. The first-order valence-electron chi connectivity index (χ1n) is 5.66. The minimum atomic E-state index is -0.406. The second-order valence-electron chi connectivity index (χ2n) is 4.20. The van der Waals surface area contributed by atoms with E-state index in [9.17, 15) is 10.1 Å². The van der Waals surface area contributed by atoms with Gasteiger partial charge in [-0.3, -0.25) is 10.1 Å². The fourth-order valence-corrected chi connectivity index (χ4v) is 2.91. The lowest BCUT2D eigenvalue weighted by atomic mass is 9.95. The van der Waals surface area contributed by atoms with Gasteiger partial charge in [0.25, 0.3) is 0 Å². The Labute approximate surface area is 103 Å². The predicted molar refractivity (Wildman–Crippen MR) is 65.4 cm³/mol. The highest BCUT2D eigenvalue weighted by Gasteiger charge is 2.23. The molecule has 0 amide bonds. The van der Waals surface area contributed by atoms with Crippen LogP contribution >= 0.6 is 11.3 Å². The van der Waals surface area contributed by atoms with E-state index in [1.165, 1.54) is 6.20 Å². The van der Waals surface area contributed by atoms with E-state index in [4.69, 9.17) is 5.11 Å². The maximum atomic E-state index is 10.6. The van der Waals surface area contributed by atoms with Crippen LogP contribution in [0.3, 0.4) is 0 Å². The van der Waals surface area contributed by atoms with E-state index in [1.807, 2.05) is 0 Å². The normalized spacial score (nSPS) is 20.5. The Bertz CT molecular complexity index is 394. The van der Waals surface area contributed by atoms with Crippen LogP contribution in [0.1, 0.15) is 19.3 Å². The molecule has 0 spiro atoms. The number of hydrogen-bond donors (Lipinski definition) is 1. The molecule has 1 aromatic rings. The third kappa shape index (κ3) is 2.92. The monoisotopic (exact) mass is 257 g/mol. The van der Waals surface area contributed by atoms with Crippen molar-refractivity contribution in [1.29, 1.82) is 0 Å². The van der Waals surface area contributed by atoms with E-state index in [0.717, 1.165) is 48.8 Å². The van der Waals surface area contributed by atoms with Gasteiger partial charge in [-0.15, -0.1) is 0 Å². The van der Waals surface area contributed by atoms with Crippen molar-refractivity contribution in [2.24, 2.45) is 5.92 Å². The summed E-state index contributed by atoms with van der Waals surface area (Å²) >= 11 is 1.12. The van der Waals surface area contributed by atoms with Gasteiger partial charge in [0.05, 0.1) is 4.92 Å². The summed E-state index contributed by atoms with van der Waals surface area (Å²) in [5, 5.41) is 20.3. The Balaban J connectivity index is 2.02. The molecular formula is C10H15N3O3S. The van der Waals surface area contributed by atoms with Crippen molar-refractivity contribution in [2.45, 2.75) is 19.3 Å². The maximum absolute atomic E-state index is 10.6. The van der Waals surface area contributed by atoms with Crippen LogP contribution in [0.15, 0.2) is 6.20 Å². The summed E-state index contributed by atoms with van der Waals surface area (Å²) in [6.07, 6.45) is 4.28. The van der Waals surface area contributed by atoms with Gasteiger partial charge in [0.15, 0.2) is 5.13 Å². The zero-order valence-corrected chi connectivity index (χ0v) is 10.2. The molecule has 1 atom stereocenters. The Morgan fingerprint density at radius 3 is 3.18 bits per heavy atom. The molecule has 2 rings (SSSR count). The molecule has 94 valence electrons. The quantitative estimate of drug-likeness (QED) is 0.655. The van der Waals surface area contributed by atoms with E-state index in [2.05, 4.69) is 9.88 Å². The number of hydrogen-bond acceptors (Lipinski definition) is 6. The Hall–Kier alpha value is -1.21. The van der Waals surface area contributed by atoms with Crippen LogP contribution in [0.2, 0.25) is 0 Å². The van der Waals surface area contributed by atoms with Gasteiger partial charge in [0.1, 0.15) is 6.20 Å². The highest BCUT2D eigenvalue weighted by molar-refractivity contribution is 7.18. The molecule has 1 aliphatic rings. The second kappa shape index (κ2) is 5.42. The van der Waals surface area contributed by atoms with E-state index < -0.39 is 4.92 Å². The molecule has 0 aromatic carbocycles. The number of piperidine rings is 1. The minimum Gasteiger partial charge on any atom is -0.396 e. The summed E-state index contributed by atoms with van der Waals surface area (Å²) in [6.45, 7) is 1.94. The number of aliphatic hydroxyl groups is 1. The van der Waals surface area contributed by atoms with Crippen molar-refractivity contribution in [3.8, 4) is 0 Å². The van der Waals surface area contributed by atoms with Crippen molar-refractivity contribution in [1.82, 2.24) is 4.98 Å². The summed E-state index contributed by atoms with van der Waals surface area (Å²) in [5.74, 6) is 0.469. The van der Waals surface area contributed by atoms with Gasteiger partial charge in [0.2, 0.25) is 0 Å². The van der Waals surface area contributed by atoms with Gasteiger partial charge in [0, 0.05) is 19.7 Å². The van der Waals surface area contributed by atoms with E-state index in [-0.39, 0.29) is 11.6 Å². The third-order valence-corrected chi connectivity index (χ3v) is 4.00. The van der Waals surface area contributed by atoms with Crippen molar-refractivity contribution in [3.05, 3.63) is 16.3 Å². The molecule has 1 unspecified atom stereocenters. The van der Waals surface area contributed by atoms with Crippen molar-refractivity contribution < 1.29 is 10.0 Å². The second-order valence-corrected chi connectivity index (χ2v) is 5.19. The fraction of sp³-hybridized carbons (Fsp3) is 0.700. The van der Waals surface area contributed by atoms with Crippen molar-refractivity contribution in [3.63, 3.8) is 0 Å². The molecule has 1 N–H and O–H groups in total. The highest BCUT2D eigenvalue weighted by atomic mass is 32.1. The molecule has 1 aliphatic heterocycles. The number of rotatable bonds is 4. The van der Waals surface area contributed by atoms with Crippen LogP contribution in [0.5, 0.6) is 0 Å². The van der Waals surface area contributed by atoms with Gasteiger partial charge in [-0.2, -0.15) is 0 Å². The average Bonchev–Trinajstić information content (AvgIpc) is 2.79. The van der Waals surface area contributed by atoms with Crippen molar-refractivity contribution in [2.75, 3.05) is 24.6 Å². The largest absolute Gasteiger partial charge is 0.396 e. The van der Waals surface area contributed by atoms with Crippen LogP contribution in [-0.2, 0) is 0 Å². The van der Waals surface area contributed by atoms with Gasteiger partial charge >= 0.3 is 5.00 Å². The zero-order valence-electron chi connectivity index (χ0n) is 9.41. The highest BCUT2D eigenvalue weighted by Crippen LogP contribution is 2.31. The Morgan fingerprint density at radius 1 is 1.71 bits per heavy atom. The number of nitrogens with zero attached hydrogens (tertiary/aromatic N) is 3. The molecule has 2 heterocycles. The first-order chi connectivity index (χ1) is 8.20. The lowest BCUT2D eigenvalue weighted by Crippen LogP contribution is -2.35. The molecule has 1 aromatic heterocycles. The zero-order chi connectivity index (χ0) is 12.3. The van der Waals surface area contributed by atoms with E-state index in [1.54, 1.807) is 0 Å². The summed E-state index contributed by atoms with van der Waals surface area (Å²) < 4.78 is 0.